The monoisotopic (exact) mass is 419 g/mol. The van der Waals surface area contributed by atoms with Crippen molar-refractivity contribution in [3.05, 3.63) is 94.0 Å². The van der Waals surface area contributed by atoms with Gasteiger partial charge in [-0.2, -0.15) is 0 Å². The van der Waals surface area contributed by atoms with E-state index < -0.39 is 0 Å². The van der Waals surface area contributed by atoms with Gasteiger partial charge in [0.15, 0.2) is 5.11 Å². The van der Waals surface area contributed by atoms with Crippen LogP contribution in [0.1, 0.15) is 11.1 Å². The van der Waals surface area contributed by atoms with Gasteiger partial charge in [-0.15, -0.1) is 0 Å². The fraction of sp³-hybridized carbons (Fsp3) is 0.100. The van der Waals surface area contributed by atoms with Crippen molar-refractivity contribution in [2.45, 2.75) is 13.1 Å². The van der Waals surface area contributed by atoms with Gasteiger partial charge in [-0.05, 0) is 59.7 Å². The van der Waals surface area contributed by atoms with Crippen molar-refractivity contribution in [3.8, 4) is 0 Å². The molecule has 0 spiro atoms. The van der Waals surface area contributed by atoms with Crippen LogP contribution in [0.2, 0.25) is 10.0 Å². The van der Waals surface area contributed by atoms with Crippen molar-refractivity contribution in [3.63, 3.8) is 0 Å². The summed E-state index contributed by atoms with van der Waals surface area (Å²) < 4.78 is 13.2. The number of nitrogens with one attached hydrogen (secondary N) is 1. The fourth-order valence-electron chi connectivity index (χ4n) is 2.50. The smallest absolute Gasteiger partial charge is 0.174 e. The van der Waals surface area contributed by atoms with Crippen molar-refractivity contribution in [1.82, 2.24) is 9.88 Å². The van der Waals surface area contributed by atoms with Gasteiger partial charge in [0.1, 0.15) is 5.82 Å². The number of rotatable bonds is 5. The van der Waals surface area contributed by atoms with Crippen molar-refractivity contribution < 1.29 is 4.39 Å². The van der Waals surface area contributed by atoms with E-state index in [4.69, 9.17) is 35.4 Å². The molecule has 138 valence electrons. The Morgan fingerprint density at radius 3 is 2.41 bits per heavy atom. The second kappa shape index (κ2) is 9.13. The SMILES string of the molecule is Fc1ccc(CN(Cc2cccnc2)C(=S)Nc2ccc(Cl)c(Cl)c2)cc1. The Balaban J connectivity index is 1.79. The molecule has 7 heteroatoms. The minimum atomic E-state index is -0.269. The molecule has 0 fully saturated rings. The molecule has 0 unspecified atom stereocenters. The van der Waals surface area contributed by atoms with Gasteiger partial charge < -0.3 is 10.2 Å². The molecule has 3 nitrogen and oxygen atoms in total. The maximum Gasteiger partial charge on any atom is 0.174 e. The van der Waals surface area contributed by atoms with E-state index in [9.17, 15) is 4.39 Å². The van der Waals surface area contributed by atoms with E-state index in [0.717, 1.165) is 16.8 Å². The van der Waals surface area contributed by atoms with E-state index >= 15 is 0 Å². The van der Waals surface area contributed by atoms with Crippen LogP contribution in [0.25, 0.3) is 0 Å². The van der Waals surface area contributed by atoms with E-state index in [1.165, 1.54) is 12.1 Å². The van der Waals surface area contributed by atoms with Crippen molar-refractivity contribution >= 4 is 46.2 Å². The number of anilines is 1. The first-order valence-electron chi connectivity index (χ1n) is 8.15. The van der Waals surface area contributed by atoms with Gasteiger partial charge in [0.25, 0.3) is 0 Å². The van der Waals surface area contributed by atoms with Crippen LogP contribution in [0, 0.1) is 5.82 Å². The van der Waals surface area contributed by atoms with Crippen LogP contribution in [0.15, 0.2) is 67.0 Å². The molecule has 0 radical (unpaired) electrons. The van der Waals surface area contributed by atoms with E-state index in [0.29, 0.717) is 28.2 Å². The number of thiocarbonyl (C=S) groups is 1. The summed E-state index contributed by atoms with van der Waals surface area (Å²) in [5, 5.41) is 4.62. The van der Waals surface area contributed by atoms with Crippen LogP contribution in [0.3, 0.4) is 0 Å². The second-order valence-electron chi connectivity index (χ2n) is 5.90. The summed E-state index contributed by atoms with van der Waals surface area (Å²) in [6.07, 6.45) is 3.51. The lowest BCUT2D eigenvalue weighted by molar-refractivity contribution is 0.412. The molecule has 27 heavy (non-hydrogen) atoms. The van der Waals surface area contributed by atoms with Crippen LogP contribution in [-0.4, -0.2) is 15.0 Å². The van der Waals surface area contributed by atoms with Gasteiger partial charge in [-0.3, -0.25) is 4.98 Å². The zero-order valence-electron chi connectivity index (χ0n) is 14.2. The summed E-state index contributed by atoms with van der Waals surface area (Å²) in [7, 11) is 0. The summed E-state index contributed by atoms with van der Waals surface area (Å²) in [6, 6.07) is 15.4. The molecule has 0 aliphatic carbocycles. The predicted molar refractivity (Wildman–Crippen MR) is 113 cm³/mol. The average molecular weight is 420 g/mol. The Bertz CT molecular complexity index is 920. The maximum absolute atomic E-state index is 13.2. The molecule has 1 heterocycles. The third-order valence-electron chi connectivity index (χ3n) is 3.84. The predicted octanol–water partition coefficient (Wildman–Crippen LogP) is 5.93. The van der Waals surface area contributed by atoms with Gasteiger partial charge in [-0.25, -0.2) is 4.39 Å². The number of halogens is 3. The number of nitrogens with zero attached hydrogens (tertiary/aromatic N) is 2. The minimum absolute atomic E-state index is 0.269. The summed E-state index contributed by atoms with van der Waals surface area (Å²) in [5.41, 5.74) is 2.70. The van der Waals surface area contributed by atoms with Crippen LogP contribution in [0.5, 0.6) is 0 Å². The summed E-state index contributed by atoms with van der Waals surface area (Å²) >= 11 is 17.6. The summed E-state index contributed by atoms with van der Waals surface area (Å²) in [4.78, 5) is 6.12. The number of benzene rings is 2. The van der Waals surface area contributed by atoms with Crippen molar-refractivity contribution in [2.75, 3.05) is 5.32 Å². The molecule has 0 bridgehead atoms. The van der Waals surface area contributed by atoms with Crippen molar-refractivity contribution in [2.24, 2.45) is 0 Å². The molecular weight excluding hydrogens is 404 g/mol. The lowest BCUT2D eigenvalue weighted by atomic mass is 10.2. The summed E-state index contributed by atoms with van der Waals surface area (Å²) in [6.45, 7) is 1.07. The Hall–Kier alpha value is -2.21. The normalized spacial score (nSPS) is 10.5. The molecule has 1 N–H and O–H groups in total. The third-order valence-corrected chi connectivity index (χ3v) is 4.94. The molecule has 1 aromatic heterocycles. The van der Waals surface area contributed by atoms with Gasteiger partial charge in [-0.1, -0.05) is 41.4 Å². The van der Waals surface area contributed by atoms with E-state index in [-0.39, 0.29) is 5.82 Å². The molecule has 0 atom stereocenters. The number of pyridine rings is 1. The number of aromatic nitrogens is 1. The Labute approximate surface area is 172 Å². The lowest BCUT2D eigenvalue weighted by Crippen LogP contribution is -2.33. The van der Waals surface area contributed by atoms with Crippen LogP contribution in [0.4, 0.5) is 10.1 Å². The standard InChI is InChI=1S/C20H16Cl2FN3S/c21-18-8-7-17(10-19(18)22)25-20(27)26(13-15-2-1-9-24-11-15)12-14-3-5-16(23)6-4-14/h1-11H,12-13H2,(H,25,27). The lowest BCUT2D eigenvalue weighted by Gasteiger charge is -2.26. The first-order chi connectivity index (χ1) is 13.0. The molecule has 0 aliphatic heterocycles. The molecule has 0 saturated heterocycles. The Morgan fingerprint density at radius 1 is 1.00 bits per heavy atom. The first kappa shape index (κ1) is 19.5. The highest BCUT2D eigenvalue weighted by atomic mass is 35.5. The number of hydrogen-bond acceptors (Lipinski definition) is 2. The number of hydrogen-bond donors (Lipinski definition) is 1. The van der Waals surface area contributed by atoms with Gasteiger partial charge >= 0.3 is 0 Å². The maximum atomic E-state index is 13.2. The van der Waals surface area contributed by atoms with E-state index in [2.05, 4.69) is 10.3 Å². The quantitative estimate of drug-likeness (QED) is 0.518. The molecule has 0 amide bonds. The largest absolute Gasteiger partial charge is 0.340 e. The molecule has 3 aromatic rings. The zero-order chi connectivity index (χ0) is 19.2. The van der Waals surface area contributed by atoms with E-state index in [1.54, 1.807) is 42.7 Å². The Morgan fingerprint density at radius 2 is 1.74 bits per heavy atom. The highest BCUT2D eigenvalue weighted by Gasteiger charge is 2.13. The second-order valence-corrected chi connectivity index (χ2v) is 7.10. The van der Waals surface area contributed by atoms with Gasteiger partial charge in [0.2, 0.25) is 0 Å². The molecule has 3 rings (SSSR count). The average Bonchev–Trinajstić information content (AvgIpc) is 2.67. The Kier molecular flexibility index (Phi) is 6.61. The topological polar surface area (TPSA) is 28.2 Å². The van der Waals surface area contributed by atoms with Crippen LogP contribution in [-0.2, 0) is 13.1 Å². The van der Waals surface area contributed by atoms with Crippen LogP contribution >= 0.6 is 35.4 Å². The molecule has 0 saturated carbocycles. The molecule has 0 aliphatic rings. The third kappa shape index (κ3) is 5.63. The first-order valence-corrected chi connectivity index (χ1v) is 9.32. The summed E-state index contributed by atoms with van der Waals surface area (Å²) in [5.74, 6) is -0.269. The van der Waals surface area contributed by atoms with Crippen molar-refractivity contribution in [1.29, 1.82) is 0 Å². The fourth-order valence-corrected chi connectivity index (χ4v) is 3.04. The van der Waals surface area contributed by atoms with Gasteiger partial charge in [0, 0.05) is 31.2 Å². The van der Waals surface area contributed by atoms with Crippen LogP contribution < -0.4 is 5.32 Å². The van der Waals surface area contributed by atoms with Gasteiger partial charge in [0.05, 0.1) is 10.0 Å². The highest BCUT2D eigenvalue weighted by Crippen LogP contribution is 2.25. The molecular formula is C20H16Cl2FN3S. The molecule has 2 aromatic carbocycles. The zero-order valence-corrected chi connectivity index (χ0v) is 16.5. The highest BCUT2D eigenvalue weighted by molar-refractivity contribution is 7.80. The van der Waals surface area contributed by atoms with E-state index in [1.807, 2.05) is 17.0 Å². The minimum Gasteiger partial charge on any atom is -0.340 e.